The molecule has 0 amide bonds. The molecule has 0 radical (unpaired) electrons. The summed E-state index contributed by atoms with van der Waals surface area (Å²) in [7, 11) is 0. The van der Waals surface area contributed by atoms with Gasteiger partial charge in [0.05, 0.1) is 22.8 Å². The summed E-state index contributed by atoms with van der Waals surface area (Å²) in [5.74, 6) is 0. The Morgan fingerprint density at radius 1 is 0.371 bits per heavy atom. The summed E-state index contributed by atoms with van der Waals surface area (Å²) >= 11 is 0. The Morgan fingerprint density at radius 2 is 0.714 bits per heavy atom. The number of rotatable bonds is 6. The zero-order chi connectivity index (χ0) is 23.9. The molecule has 0 spiro atoms. The Bertz CT molecular complexity index is 1430. The van der Waals surface area contributed by atoms with E-state index < -0.39 is 0 Å². The van der Waals surface area contributed by atoms with Crippen molar-refractivity contribution >= 4 is 22.8 Å². The highest BCUT2D eigenvalue weighted by molar-refractivity contribution is 6.16. The summed E-state index contributed by atoms with van der Waals surface area (Å²) in [4.78, 5) is 10.0. The smallest absolute Gasteiger partial charge is 0.0781 e. The summed E-state index contributed by atoms with van der Waals surface area (Å²) in [6.45, 7) is 2.09. The minimum atomic E-state index is 0.932. The van der Waals surface area contributed by atoms with Crippen molar-refractivity contribution in [2.75, 3.05) is 0 Å². The average Bonchev–Trinajstić information content (AvgIpc) is 2.93. The maximum Gasteiger partial charge on any atom is 0.0781 e. The number of benzene rings is 5. The van der Waals surface area contributed by atoms with Crippen molar-refractivity contribution in [2.45, 2.75) is 6.92 Å². The van der Waals surface area contributed by atoms with Crippen molar-refractivity contribution in [3.8, 4) is 0 Å². The lowest BCUT2D eigenvalue weighted by Gasteiger charge is -2.11. The molecule has 5 aromatic carbocycles. The van der Waals surface area contributed by atoms with Crippen LogP contribution in [0.15, 0.2) is 150 Å². The van der Waals surface area contributed by atoms with Gasteiger partial charge in [-0.05, 0) is 31.2 Å². The second-order valence-electron chi connectivity index (χ2n) is 8.40. The van der Waals surface area contributed by atoms with E-state index in [1.165, 1.54) is 5.56 Å². The topological polar surface area (TPSA) is 24.7 Å². The highest BCUT2D eigenvalue weighted by atomic mass is 14.8. The molecule has 2 heteroatoms. The van der Waals surface area contributed by atoms with Gasteiger partial charge in [0.1, 0.15) is 0 Å². The molecule has 0 fully saturated rings. The highest BCUT2D eigenvalue weighted by Gasteiger charge is 2.11. The largest absolute Gasteiger partial charge is 0.248 e. The summed E-state index contributed by atoms with van der Waals surface area (Å²) in [5, 5.41) is 0. The van der Waals surface area contributed by atoms with Crippen LogP contribution in [0.4, 0.5) is 11.4 Å². The monoisotopic (exact) mass is 450 g/mol. The molecule has 0 N–H and O–H groups in total. The zero-order valence-electron chi connectivity index (χ0n) is 19.7. The van der Waals surface area contributed by atoms with Gasteiger partial charge >= 0.3 is 0 Å². The fourth-order valence-corrected chi connectivity index (χ4v) is 3.95. The van der Waals surface area contributed by atoms with Crippen LogP contribution < -0.4 is 0 Å². The molecule has 0 aliphatic rings. The first-order valence-corrected chi connectivity index (χ1v) is 11.8. The van der Waals surface area contributed by atoms with Gasteiger partial charge in [-0.25, -0.2) is 9.98 Å². The number of aryl methyl sites for hydroxylation is 1. The van der Waals surface area contributed by atoms with Crippen LogP contribution in [0, 0.1) is 6.92 Å². The van der Waals surface area contributed by atoms with Gasteiger partial charge in [0.15, 0.2) is 0 Å². The summed E-state index contributed by atoms with van der Waals surface area (Å²) < 4.78 is 0. The Morgan fingerprint density at radius 3 is 1.14 bits per heavy atom. The molecule has 0 heterocycles. The van der Waals surface area contributed by atoms with Crippen LogP contribution in [0.3, 0.4) is 0 Å². The van der Waals surface area contributed by atoms with Crippen LogP contribution in [-0.4, -0.2) is 11.4 Å². The molecular weight excluding hydrogens is 424 g/mol. The minimum Gasteiger partial charge on any atom is -0.248 e. The van der Waals surface area contributed by atoms with Crippen molar-refractivity contribution < 1.29 is 0 Å². The van der Waals surface area contributed by atoms with Gasteiger partial charge in [0.2, 0.25) is 0 Å². The summed E-state index contributed by atoms with van der Waals surface area (Å²) in [5.41, 5.74) is 9.28. The Balaban J connectivity index is 1.57. The minimum absolute atomic E-state index is 0.932. The third kappa shape index (κ3) is 5.51. The first-order chi connectivity index (χ1) is 17.3. The van der Waals surface area contributed by atoms with E-state index in [4.69, 9.17) is 9.98 Å². The number of hydrogen-bond donors (Lipinski definition) is 0. The quantitative estimate of drug-likeness (QED) is 0.232. The Kier molecular flexibility index (Phi) is 6.72. The molecule has 0 aromatic heterocycles. The molecule has 0 saturated carbocycles. The highest BCUT2D eigenvalue weighted by Crippen LogP contribution is 2.22. The zero-order valence-corrected chi connectivity index (χ0v) is 19.7. The molecule has 0 aliphatic heterocycles. The number of aliphatic imine (C=N–C) groups is 2. The molecule has 168 valence electrons. The van der Waals surface area contributed by atoms with Crippen LogP contribution in [0.25, 0.3) is 0 Å². The SMILES string of the molecule is Cc1ccc(N=C(c2ccccc2)c2ccc(C(=Nc3ccccc3)c3ccccc3)cc2)cc1. The van der Waals surface area contributed by atoms with Crippen LogP contribution >= 0.6 is 0 Å². The molecule has 0 atom stereocenters. The van der Waals surface area contributed by atoms with E-state index in [0.717, 1.165) is 45.1 Å². The van der Waals surface area contributed by atoms with E-state index in [0.29, 0.717) is 0 Å². The molecule has 2 nitrogen and oxygen atoms in total. The first kappa shape index (κ1) is 22.2. The molecule has 0 aliphatic carbocycles. The Hall–Kier alpha value is -4.56. The number of para-hydroxylation sites is 1. The predicted octanol–water partition coefficient (Wildman–Crippen LogP) is 8.33. The van der Waals surface area contributed by atoms with Crippen LogP contribution in [0.2, 0.25) is 0 Å². The maximum atomic E-state index is 5.03. The van der Waals surface area contributed by atoms with Crippen molar-refractivity contribution in [3.63, 3.8) is 0 Å². The van der Waals surface area contributed by atoms with Gasteiger partial charge in [-0.15, -0.1) is 0 Å². The second kappa shape index (κ2) is 10.6. The van der Waals surface area contributed by atoms with Crippen LogP contribution in [0.5, 0.6) is 0 Å². The Labute approximate surface area is 207 Å². The summed E-state index contributed by atoms with van der Waals surface area (Å²) in [6.07, 6.45) is 0. The van der Waals surface area contributed by atoms with E-state index in [1.54, 1.807) is 0 Å². The lowest BCUT2D eigenvalue weighted by Crippen LogP contribution is -2.06. The molecule has 0 saturated heterocycles. The predicted molar refractivity (Wildman–Crippen MR) is 148 cm³/mol. The van der Waals surface area contributed by atoms with Gasteiger partial charge < -0.3 is 0 Å². The molecule has 5 aromatic rings. The third-order valence-corrected chi connectivity index (χ3v) is 5.80. The normalized spacial score (nSPS) is 11.9. The molecule has 35 heavy (non-hydrogen) atoms. The lowest BCUT2D eigenvalue weighted by atomic mass is 9.97. The average molecular weight is 451 g/mol. The van der Waals surface area contributed by atoms with Crippen molar-refractivity contribution in [1.29, 1.82) is 0 Å². The van der Waals surface area contributed by atoms with Crippen LogP contribution in [0.1, 0.15) is 27.8 Å². The van der Waals surface area contributed by atoms with Crippen molar-refractivity contribution in [3.05, 3.63) is 167 Å². The fourth-order valence-electron chi connectivity index (χ4n) is 3.95. The molecule has 0 unspecified atom stereocenters. The standard InChI is InChI=1S/C33H26N2/c1-25-17-23-31(24-18-25)35-33(27-13-7-3-8-14-27)29-21-19-28(20-22-29)32(26-11-5-2-6-12-26)34-30-15-9-4-10-16-30/h2-24H,1H3. The second-order valence-corrected chi connectivity index (χ2v) is 8.40. The van der Waals surface area contributed by atoms with Gasteiger partial charge in [0.25, 0.3) is 0 Å². The number of nitrogens with zero attached hydrogens (tertiary/aromatic N) is 2. The fraction of sp³-hybridized carbons (Fsp3) is 0.0303. The van der Waals surface area contributed by atoms with Gasteiger partial charge in [-0.2, -0.15) is 0 Å². The third-order valence-electron chi connectivity index (χ3n) is 5.80. The number of hydrogen-bond acceptors (Lipinski definition) is 2. The van der Waals surface area contributed by atoms with E-state index in [-0.39, 0.29) is 0 Å². The molecule has 5 rings (SSSR count). The first-order valence-electron chi connectivity index (χ1n) is 11.8. The van der Waals surface area contributed by atoms with E-state index in [9.17, 15) is 0 Å². The lowest BCUT2D eigenvalue weighted by molar-refractivity contribution is 1.42. The van der Waals surface area contributed by atoms with Gasteiger partial charge in [-0.1, -0.05) is 121 Å². The van der Waals surface area contributed by atoms with E-state index in [1.807, 2.05) is 66.7 Å². The van der Waals surface area contributed by atoms with Gasteiger partial charge in [0, 0.05) is 22.3 Å². The molecular formula is C33H26N2. The van der Waals surface area contributed by atoms with E-state index >= 15 is 0 Å². The maximum absolute atomic E-state index is 5.03. The van der Waals surface area contributed by atoms with E-state index in [2.05, 4.69) is 79.7 Å². The summed E-state index contributed by atoms with van der Waals surface area (Å²) in [6, 6.07) is 47.6. The molecule has 0 bridgehead atoms. The van der Waals surface area contributed by atoms with Crippen LogP contribution in [-0.2, 0) is 0 Å². The van der Waals surface area contributed by atoms with Crippen molar-refractivity contribution in [1.82, 2.24) is 0 Å². The van der Waals surface area contributed by atoms with Gasteiger partial charge in [-0.3, -0.25) is 0 Å². The van der Waals surface area contributed by atoms with Crippen molar-refractivity contribution in [2.24, 2.45) is 9.98 Å².